The monoisotopic (exact) mass is 380 g/mol. The molecule has 1 fully saturated rings. The topological polar surface area (TPSA) is 76.4 Å². The Morgan fingerprint density at radius 2 is 1.79 bits per heavy atom. The minimum absolute atomic E-state index is 0.0475. The van der Waals surface area contributed by atoms with Gasteiger partial charge in [-0.15, -0.1) is 0 Å². The van der Waals surface area contributed by atoms with E-state index in [9.17, 15) is 4.79 Å². The first-order valence-corrected chi connectivity index (χ1v) is 9.46. The van der Waals surface area contributed by atoms with Crippen molar-refractivity contribution < 1.29 is 4.74 Å². The second-order valence-electron chi connectivity index (χ2n) is 7.19. The number of rotatable bonds is 4. The summed E-state index contributed by atoms with van der Waals surface area (Å²) in [5.74, 6) is 1.13. The molecule has 3 aromatic rings. The van der Waals surface area contributed by atoms with Gasteiger partial charge in [0.2, 0.25) is 5.88 Å². The Kier molecular flexibility index (Phi) is 4.85. The molecule has 3 heterocycles. The molecule has 0 spiro atoms. The fourth-order valence-corrected chi connectivity index (χ4v) is 3.41. The van der Waals surface area contributed by atoms with Crippen molar-refractivity contribution in [3.8, 4) is 5.88 Å². The molecule has 28 heavy (non-hydrogen) atoms. The van der Waals surface area contributed by atoms with Crippen LogP contribution in [0.1, 0.15) is 13.8 Å². The van der Waals surface area contributed by atoms with E-state index < -0.39 is 0 Å². The third-order valence-corrected chi connectivity index (χ3v) is 4.87. The normalized spacial score (nSPS) is 14.7. The van der Waals surface area contributed by atoms with Crippen molar-refractivity contribution in [2.24, 2.45) is 7.05 Å². The van der Waals surface area contributed by atoms with Crippen molar-refractivity contribution in [2.75, 3.05) is 36.0 Å². The van der Waals surface area contributed by atoms with Crippen LogP contribution in [-0.4, -0.2) is 51.8 Å². The SMILES string of the molecule is CC(C)Oc1ncnc2ccc(N3CCN(c4nccn(C)c4=O)CC3)cc12. The Morgan fingerprint density at radius 1 is 1.04 bits per heavy atom. The molecule has 1 aliphatic heterocycles. The van der Waals surface area contributed by atoms with Crippen LogP contribution in [0.15, 0.2) is 41.7 Å². The molecule has 146 valence electrons. The van der Waals surface area contributed by atoms with E-state index in [0.29, 0.717) is 11.7 Å². The molecule has 1 saturated heterocycles. The van der Waals surface area contributed by atoms with E-state index >= 15 is 0 Å². The van der Waals surface area contributed by atoms with Gasteiger partial charge in [0.05, 0.1) is 17.0 Å². The summed E-state index contributed by atoms with van der Waals surface area (Å²) in [5.41, 5.74) is 1.91. The van der Waals surface area contributed by atoms with E-state index in [-0.39, 0.29) is 11.7 Å². The zero-order chi connectivity index (χ0) is 19.7. The van der Waals surface area contributed by atoms with Gasteiger partial charge in [-0.25, -0.2) is 15.0 Å². The number of anilines is 2. The van der Waals surface area contributed by atoms with Gasteiger partial charge in [0.1, 0.15) is 6.33 Å². The number of nitrogens with zero attached hydrogens (tertiary/aromatic N) is 6. The lowest BCUT2D eigenvalue weighted by molar-refractivity contribution is 0.235. The van der Waals surface area contributed by atoms with E-state index in [2.05, 4.69) is 36.9 Å². The van der Waals surface area contributed by atoms with Gasteiger partial charge < -0.3 is 19.1 Å². The molecule has 2 aromatic heterocycles. The van der Waals surface area contributed by atoms with Crippen molar-refractivity contribution in [3.63, 3.8) is 0 Å². The molecular weight excluding hydrogens is 356 g/mol. The van der Waals surface area contributed by atoms with Crippen LogP contribution < -0.4 is 20.1 Å². The molecule has 0 atom stereocenters. The van der Waals surface area contributed by atoms with Gasteiger partial charge in [-0.2, -0.15) is 0 Å². The fourth-order valence-electron chi connectivity index (χ4n) is 3.41. The molecule has 4 rings (SSSR count). The van der Waals surface area contributed by atoms with Gasteiger partial charge in [-0.1, -0.05) is 0 Å². The zero-order valence-corrected chi connectivity index (χ0v) is 16.4. The Bertz CT molecular complexity index is 1040. The summed E-state index contributed by atoms with van der Waals surface area (Å²) in [7, 11) is 1.75. The fraction of sp³-hybridized carbons (Fsp3) is 0.400. The standard InChI is InChI=1S/C20H24N6O2/c1-14(2)28-19-16-12-15(4-5-17(16)22-13-23-19)25-8-10-26(11-9-25)18-20(27)24(3)7-6-21-18/h4-7,12-14H,8-11H2,1-3H3. The average Bonchev–Trinajstić information content (AvgIpc) is 2.70. The van der Waals surface area contributed by atoms with Crippen molar-refractivity contribution >= 4 is 22.4 Å². The first-order valence-electron chi connectivity index (χ1n) is 9.46. The molecule has 0 N–H and O–H groups in total. The highest BCUT2D eigenvalue weighted by Crippen LogP contribution is 2.28. The van der Waals surface area contributed by atoms with Gasteiger partial charge in [0.25, 0.3) is 5.56 Å². The van der Waals surface area contributed by atoms with Gasteiger partial charge in [0.15, 0.2) is 5.82 Å². The second-order valence-corrected chi connectivity index (χ2v) is 7.19. The predicted molar refractivity (Wildman–Crippen MR) is 109 cm³/mol. The molecule has 0 bridgehead atoms. The summed E-state index contributed by atoms with van der Waals surface area (Å²) in [6.45, 7) is 7.06. The van der Waals surface area contributed by atoms with E-state index in [0.717, 1.165) is 42.8 Å². The summed E-state index contributed by atoms with van der Waals surface area (Å²) < 4.78 is 7.41. The number of ether oxygens (including phenoxy) is 1. The first-order chi connectivity index (χ1) is 13.5. The molecule has 0 saturated carbocycles. The van der Waals surface area contributed by atoms with Crippen LogP contribution in [0.25, 0.3) is 10.9 Å². The lowest BCUT2D eigenvalue weighted by Gasteiger charge is -2.36. The molecule has 8 nitrogen and oxygen atoms in total. The molecule has 1 aromatic carbocycles. The largest absolute Gasteiger partial charge is 0.474 e. The summed E-state index contributed by atoms with van der Waals surface area (Å²) in [4.78, 5) is 29.6. The van der Waals surface area contributed by atoms with E-state index in [1.165, 1.54) is 6.33 Å². The Labute approximate surface area is 163 Å². The molecule has 0 radical (unpaired) electrons. The maximum absolute atomic E-state index is 12.3. The molecule has 1 aliphatic rings. The lowest BCUT2D eigenvalue weighted by Crippen LogP contribution is -2.48. The van der Waals surface area contributed by atoms with Crippen LogP contribution in [0, 0.1) is 0 Å². The van der Waals surface area contributed by atoms with Crippen LogP contribution >= 0.6 is 0 Å². The van der Waals surface area contributed by atoms with E-state index in [4.69, 9.17) is 4.74 Å². The number of aromatic nitrogens is 4. The van der Waals surface area contributed by atoms with Crippen molar-refractivity contribution in [1.82, 2.24) is 19.5 Å². The number of hydrogen-bond donors (Lipinski definition) is 0. The Hall–Kier alpha value is -3.16. The number of hydrogen-bond acceptors (Lipinski definition) is 7. The maximum Gasteiger partial charge on any atom is 0.293 e. The third kappa shape index (κ3) is 3.49. The molecule has 0 amide bonds. The average molecular weight is 380 g/mol. The minimum atomic E-state index is -0.0609. The van der Waals surface area contributed by atoms with E-state index in [1.54, 1.807) is 24.0 Å². The highest BCUT2D eigenvalue weighted by Gasteiger charge is 2.21. The molecular formula is C20H24N6O2. The highest BCUT2D eigenvalue weighted by atomic mass is 16.5. The first kappa shape index (κ1) is 18.2. The van der Waals surface area contributed by atoms with Crippen LogP contribution in [0.2, 0.25) is 0 Å². The maximum atomic E-state index is 12.3. The predicted octanol–water partition coefficient (Wildman–Crippen LogP) is 1.84. The van der Waals surface area contributed by atoms with Gasteiger partial charge in [-0.3, -0.25) is 4.79 Å². The Balaban J connectivity index is 1.55. The van der Waals surface area contributed by atoms with Gasteiger partial charge >= 0.3 is 0 Å². The van der Waals surface area contributed by atoms with E-state index in [1.807, 2.05) is 19.9 Å². The summed E-state index contributed by atoms with van der Waals surface area (Å²) in [6.07, 6.45) is 4.93. The van der Waals surface area contributed by atoms with Crippen molar-refractivity contribution in [3.05, 3.63) is 47.3 Å². The van der Waals surface area contributed by atoms with Crippen LogP contribution in [0.4, 0.5) is 11.5 Å². The quantitative estimate of drug-likeness (QED) is 0.683. The second kappa shape index (κ2) is 7.46. The summed E-state index contributed by atoms with van der Waals surface area (Å²) >= 11 is 0. The van der Waals surface area contributed by atoms with Crippen LogP contribution in [0.5, 0.6) is 5.88 Å². The van der Waals surface area contributed by atoms with Crippen LogP contribution in [0.3, 0.4) is 0 Å². The van der Waals surface area contributed by atoms with Gasteiger partial charge in [-0.05, 0) is 32.0 Å². The highest BCUT2D eigenvalue weighted by molar-refractivity contribution is 5.86. The number of aryl methyl sites for hydroxylation is 1. The van der Waals surface area contributed by atoms with Crippen molar-refractivity contribution in [1.29, 1.82) is 0 Å². The van der Waals surface area contributed by atoms with Gasteiger partial charge in [0, 0.05) is 51.3 Å². The Morgan fingerprint density at radius 3 is 2.54 bits per heavy atom. The lowest BCUT2D eigenvalue weighted by atomic mass is 10.2. The third-order valence-electron chi connectivity index (χ3n) is 4.87. The summed E-state index contributed by atoms with van der Waals surface area (Å²) in [5, 5.41) is 0.912. The minimum Gasteiger partial charge on any atom is -0.474 e. The van der Waals surface area contributed by atoms with Crippen LogP contribution in [-0.2, 0) is 7.05 Å². The van der Waals surface area contributed by atoms with Crippen molar-refractivity contribution in [2.45, 2.75) is 20.0 Å². The summed E-state index contributed by atoms with van der Waals surface area (Å²) in [6, 6.07) is 6.16. The molecule has 8 heteroatoms. The number of fused-ring (bicyclic) bond motifs is 1. The smallest absolute Gasteiger partial charge is 0.293 e. The number of piperazine rings is 1. The number of benzene rings is 1. The molecule has 0 unspecified atom stereocenters. The zero-order valence-electron chi connectivity index (χ0n) is 16.4. The molecule has 0 aliphatic carbocycles.